The van der Waals surface area contributed by atoms with Crippen molar-refractivity contribution in [1.82, 2.24) is 5.32 Å². The molecule has 17 heavy (non-hydrogen) atoms. The van der Waals surface area contributed by atoms with Gasteiger partial charge in [0, 0.05) is 11.6 Å². The van der Waals surface area contributed by atoms with Crippen LogP contribution in [0.25, 0.3) is 0 Å². The Morgan fingerprint density at radius 2 is 2.24 bits per heavy atom. The van der Waals surface area contributed by atoms with E-state index < -0.39 is 0 Å². The van der Waals surface area contributed by atoms with Gasteiger partial charge >= 0.3 is 0 Å². The second kappa shape index (κ2) is 4.22. The summed E-state index contributed by atoms with van der Waals surface area (Å²) >= 11 is 0. The third kappa shape index (κ3) is 1.69. The lowest BCUT2D eigenvalue weighted by atomic mass is 9.75. The standard InChI is InChI=1S/C14H19NO2/c1-17-14-11-4-6-12-10(3-2-8-15-12)9(11)5-7-13(14)16/h5,7,10,12,15-16H,2-4,6,8H2,1H3/t10-,12-/m1/s1. The summed E-state index contributed by atoms with van der Waals surface area (Å²) < 4.78 is 5.35. The molecular formula is C14H19NO2. The van der Waals surface area contributed by atoms with E-state index in [1.807, 2.05) is 0 Å². The number of ether oxygens (including phenoxy) is 1. The minimum atomic E-state index is 0.272. The van der Waals surface area contributed by atoms with Crippen LogP contribution in [-0.4, -0.2) is 24.8 Å². The summed E-state index contributed by atoms with van der Waals surface area (Å²) in [5, 5.41) is 13.4. The van der Waals surface area contributed by atoms with E-state index in [-0.39, 0.29) is 5.75 Å². The topological polar surface area (TPSA) is 41.5 Å². The van der Waals surface area contributed by atoms with Gasteiger partial charge in [0.15, 0.2) is 11.5 Å². The number of nitrogens with one attached hydrogen (secondary N) is 1. The molecule has 0 bridgehead atoms. The molecule has 0 saturated carbocycles. The fraction of sp³-hybridized carbons (Fsp3) is 0.571. The fourth-order valence-corrected chi connectivity index (χ4v) is 3.39. The van der Waals surface area contributed by atoms with Crippen LogP contribution in [0.4, 0.5) is 0 Å². The molecule has 1 aromatic carbocycles. The Balaban J connectivity index is 2.05. The smallest absolute Gasteiger partial charge is 0.163 e. The van der Waals surface area contributed by atoms with Crippen molar-refractivity contribution in [3.05, 3.63) is 23.3 Å². The molecule has 2 atom stereocenters. The van der Waals surface area contributed by atoms with Crippen LogP contribution < -0.4 is 10.1 Å². The Labute approximate surface area is 102 Å². The minimum Gasteiger partial charge on any atom is -0.504 e. The maximum absolute atomic E-state index is 9.82. The Kier molecular flexibility index (Phi) is 2.71. The van der Waals surface area contributed by atoms with Crippen molar-refractivity contribution in [2.24, 2.45) is 0 Å². The number of fused-ring (bicyclic) bond motifs is 3. The van der Waals surface area contributed by atoms with Crippen molar-refractivity contribution in [3.63, 3.8) is 0 Å². The van der Waals surface area contributed by atoms with E-state index >= 15 is 0 Å². The summed E-state index contributed by atoms with van der Waals surface area (Å²) in [7, 11) is 1.64. The molecule has 0 unspecified atom stereocenters. The van der Waals surface area contributed by atoms with Crippen molar-refractivity contribution in [2.45, 2.75) is 37.6 Å². The van der Waals surface area contributed by atoms with Crippen LogP contribution in [0.2, 0.25) is 0 Å². The van der Waals surface area contributed by atoms with Gasteiger partial charge in [0.1, 0.15) is 0 Å². The molecule has 1 aliphatic carbocycles. The predicted molar refractivity (Wildman–Crippen MR) is 66.7 cm³/mol. The molecular weight excluding hydrogens is 214 g/mol. The second-order valence-corrected chi connectivity index (χ2v) is 5.03. The quantitative estimate of drug-likeness (QED) is 0.781. The molecule has 0 radical (unpaired) electrons. The zero-order valence-electron chi connectivity index (χ0n) is 10.2. The first-order valence-electron chi connectivity index (χ1n) is 6.43. The van der Waals surface area contributed by atoms with E-state index in [2.05, 4.69) is 11.4 Å². The highest BCUT2D eigenvalue weighted by Gasteiger charge is 2.33. The molecule has 0 spiro atoms. The number of methoxy groups -OCH3 is 1. The predicted octanol–water partition coefficient (Wildman–Crippen LogP) is 2.18. The van der Waals surface area contributed by atoms with E-state index in [4.69, 9.17) is 4.74 Å². The van der Waals surface area contributed by atoms with Crippen LogP contribution in [0.5, 0.6) is 11.5 Å². The summed E-state index contributed by atoms with van der Waals surface area (Å²) in [6.45, 7) is 1.14. The maximum Gasteiger partial charge on any atom is 0.163 e. The van der Waals surface area contributed by atoms with Gasteiger partial charge in [-0.1, -0.05) is 6.07 Å². The first-order valence-corrected chi connectivity index (χ1v) is 6.43. The van der Waals surface area contributed by atoms with Crippen LogP contribution in [-0.2, 0) is 6.42 Å². The van der Waals surface area contributed by atoms with Crippen molar-refractivity contribution >= 4 is 0 Å². The average Bonchev–Trinajstić information content (AvgIpc) is 2.38. The molecule has 1 fully saturated rings. The molecule has 3 heteroatoms. The molecule has 2 N–H and O–H groups in total. The summed E-state index contributed by atoms with van der Waals surface area (Å²) in [5.74, 6) is 1.56. The van der Waals surface area contributed by atoms with Gasteiger partial charge in [-0.15, -0.1) is 0 Å². The monoisotopic (exact) mass is 233 g/mol. The first-order chi connectivity index (χ1) is 8.31. The Bertz CT molecular complexity index is 430. The number of hydrogen-bond donors (Lipinski definition) is 2. The van der Waals surface area contributed by atoms with Crippen LogP contribution in [0.15, 0.2) is 12.1 Å². The van der Waals surface area contributed by atoms with Crippen LogP contribution in [0, 0.1) is 0 Å². The molecule has 3 rings (SSSR count). The van der Waals surface area contributed by atoms with Crippen LogP contribution in [0.1, 0.15) is 36.3 Å². The summed E-state index contributed by atoms with van der Waals surface area (Å²) in [5.41, 5.74) is 2.60. The number of phenols is 1. The summed E-state index contributed by atoms with van der Waals surface area (Å²) in [6.07, 6.45) is 4.64. The molecule has 0 amide bonds. The number of piperidine rings is 1. The van der Waals surface area contributed by atoms with Gasteiger partial charge in [-0.3, -0.25) is 0 Å². The van der Waals surface area contributed by atoms with Gasteiger partial charge in [-0.05, 0) is 49.8 Å². The molecule has 0 aromatic heterocycles. The molecule has 1 aromatic rings. The SMILES string of the molecule is COc1c(O)ccc2c1CC[C@H]1NCCC[C@H]21. The molecule has 3 nitrogen and oxygen atoms in total. The lowest BCUT2D eigenvalue weighted by Gasteiger charge is -2.38. The summed E-state index contributed by atoms with van der Waals surface area (Å²) in [6, 6.07) is 4.47. The van der Waals surface area contributed by atoms with Gasteiger partial charge < -0.3 is 15.2 Å². The maximum atomic E-state index is 9.82. The highest BCUT2D eigenvalue weighted by molar-refractivity contribution is 5.52. The van der Waals surface area contributed by atoms with Crippen molar-refractivity contribution in [2.75, 3.05) is 13.7 Å². The number of benzene rings is 1. The first kappa shape index (κ1) is 10.9. The van der Waals surface area contributed by atoms with E-state index in [9.17, 15) is 5.11 Å². The normalized spacial score (nSPS) is 27.1. The molecule has 1 aliphatic heterocycles. The number of rotatable bonds is 1. The Morgan fingerprint density at radius 1 is 1.35 bits per heavy atom. The van der Waals surface area contributed by atoms with Crippen molar-refractivity contribution in [3.8, 4) is 11.5 Å². The molecule has 2 aliphatic rings. The molecule has 92 valence electrons. The van der Waals surface area contributed by atoms with E-state index in [0.29, 0.717) is 17.7 Å². The summed E-state index contributed by atoms with van der Waals surface area (Å²) in [4.78, 5) is 0. The fourth-order valence-electron chi connectivity index (χ4n) is 3.39. The minimum absolute atomic E-state index is 0.272. The highest BCUT2D eigenvalue weighted by Crippen LogP contribution is 2.43. The van der Waals surface area contributed by atoms with Crippen molar-refractivity contribution in [1.29, 1.82) is 0 Å². The lowest BCUT2D eigenvalue weighted by molar-refractivity contribution is 0.309. The van der Waals surface area contributed by atoms with Crippen molar-refractivity contribution < 1.29 is 9.84 Å². The molecule has 1 saturated heterocycles. The lowest BCUT2D eigenvalue weighted by Crippen LogP contribution is -2.42. The van der Waals surface area contributed by atoms with E-state index in [1.165, 1.54) is 24.0 Å². The largest absolute Gasteiger partial charge is 0.504 e. The van der Waals surface area contributed by atoms with Gasteiger partial charge in [0.25, 0.3) is 0 Å². The van der Waals surface area contributed by atoms with Gasteiger partial charge in [-0.2, -0.15) is 0 Å². The zero-order valence-corrected chi connectivity index (χ0v) is 10.2. The highest BCUT2D eigenvalue weighted by atomic mass is 16.5. The second-order valence-electron chi connectivity index (χ2n) is 5.03. The Morgan fingerprint density at radius 3 is 3.06 bits per heavy atom. The number of hydrogen-bond acceptors (Lipinski definition) is 3. The average molecular weight is 233 g/mol. The van der Waals surface area contributed by atoms with E-state index in [1.54, 1.807) is 13.2 Å². The van der Waals surface area contributed by atoms with Crippen LogP contribution in [0.3, 0.4) is 0 Å². The van der Waals surface area contributed by atoms with Gasteiger partial charge in [0.2, 0.25) is 0 Å². The Hall–Kier alpha value is -1.22. The third-order valence-corrected chi connectivity index (χ3v) is 4.17. The zero-order chi connectivity index (χ0) is 11.8. The van der Waals surface area contributed by atoms with E-state index in [0.717, 1.165) is 19.4 Å². The number of aromatic hydroxyl groups is 1. The van der Waals surface area contributed by atoms with Gasteiger partial charge in [-0.25, -0.2) is 0 Å². The van der Waals surface area contributed by atoms with Crippen LogP contribution >= 0.6 is 0 Å². The van der Waals surface area contributed by atoms with Gasteiger partial charge in [0.05, 0.1) is 7.11 Å². The molecule has 1 heterocycles. The number of phenolic OH excluding ortho intramolecular Hbond substituents is 1. The third-order valence-electron chi connectivity index (χ3n) is 4.17.